The van der Waals surface area contributed by atoms with Gasteiger partial charge in [-0.3, -0.25) is 9.78 Å². The summed E-state index contributed by atoms with van der Waals surface area (Å²) in [7, 11) is 0. The molecule has 0 N–H and O–H groups in total. The number of carbonyl (C=O) groups is 1. The monoisotopic (exact) mass is 347 g/mol. The van der Waals surface area contributed by atoms with E-state index in [1.165, 1.54) is 25.7 Å². The zero-order valence-corrected chi connectivity index (χ0v) is 15.3. The minimum Gasteiger partial charge on any atom is -0.494 e. The highest BCUT2D eigenvalue weighted by Crippen LogP contribution is 2.21. The Labute approximate surface area is 155 Å². The van der Waals surface area contributed by atoms with E-state index in [4.69, 9.17) is 4.74 Å². The van der Waals surface area contributed by atoms with Crippen molar-refractivity contribution in [2.24, 2.45) is 0 Å². The number of ketones is 1. The van der Waals surface area contributed by atoms with Crippen LogP contribution in [-0.4, -0.2) is 17.4 Å². The number of carbonyl (C=O) groups excluding carboxylic acids is 1. The van der Waals surface area contributed by atoms with Gasteiger partial charge in [0.15, 0.2) is 5.78 Å². The zero-order chi connectivity index (χ0) is 18.2. The lowest BCUT2D eigenvalue weighted by atomic mass is 10.00. The van der Waals surface area contributed by atoms with Gasteiger partial charge < -0.3 is 4.74 Å². The molecule has 0 saturated heterocycles. The first-order valence-corrected chi connectivity index (χ1v) is 9.40. The third kappa shape index (κ3) is 4.48. The van der Waals surface area contributed by atoms with Crippen LogP contribution in [0.2, 0.25) is 0 Å². The van der Waals surface area contributed by atoms with Gasteiger partial charge in [0.25, 0.3) is 0 Å². The van der Waals surface area contributed by atoms with E-state index in [-0.39, 0.29) is 5.78 Å². The Balaban J connectivity index is 1.63. The maximum atomic E-state index is 12.9. The van der Waals surface area contributed by atoms with Crippen LogP contribution in [0.4, 0.5) is 0 Å². The molecule has 0 amide bonds. The van der Waals surface area contributed by atoms with E-state index in [9.17, 15) is 4.79 Å². The highest BCUT2D eigenvalue weighted by molar-refractivity contribution is 6.16. The fourth-order valence-electron chi connectivity index (χ4n) is 3.05. The maximum Gasteiger partial charge on any atom is 0.195 e. The van der Waals surface area contributed by atoms with Crippen molar-refractivity contribution < 1.29 is 9.53 Å². The molecule has 0 aliphatic rings. The first-order chi connectivity index (χ1) is 12.8. The van der Waals surface area contributed by atoms with E-state index in [1.807, 2.05) is 48.5 Å². The van der Waals surface area contributed by atoms with Gasteiger partial charge in [-0.1, -0.05) is 56.9 Å². The minimum atomic E-state index is -0.0135. The number of fused-ring (bicyclic) bond motifs is 1. The molecular weight excluding hydrogens is 322 g/mol. The van der Waals surface area contributed by atoms with Crippen molar-refractivity contribution >= 4 is 16.6 Å². The second kappa shape index (κ2) is 9.14. The molecule has 0 fully saturated rings. The van der Waals surface area contributed by atoms with E-state index in [1.54, 1.807) is 12.4 Å². The average molecular weight is 347 g/mol. The molecule has 0 atom stereocenters. The van der Waals surface area contributed by atoms with Crippen molar-refractivity contribution in [1.29, 1.82) is 0 Å². The number of nitrogens with zero attached hydrogens (tertiary/aromatic N) is 1. The van der Waals surface area contributed by atoms with Gasteiger partial charge in [-0.2, -0.15) is 0 Å². The van der Waals surface area contributed by atoms with Crippen LogP contribution in [0.25, 0.3) is 10.8 Å². The van der Waals surface area contributed by atoms with Crippen LogP contribution in [0.1, 0.15) is 54.9 Å². The van der Waals surface area contributed by atoms with Crippen molar-refractivity contribution in [2.45, 2.75) is 39.0 Å². The number of hydrogen-bond acceptors (Lipinski definition) is 3. The van der Waals surface area contributed by atoms with Crippen molar-refractivity contribution in [3.8, 4) is 5.75 Å². The molecule has 1 aromatic heterocycles. The molecule has 26 heavy (non-hydrogen) atoms. The van der Waals surface area contributed by atoms with Gasteiger partial charge in [-0.25, -0.2) is 0 Å². The summed E-state index contributed by atoms with van der Waals surface area (Å²) in [6.45, 7) is 2.94. The average Bonchev–Trinajstić information content (AvgIpc) is 2.70. The van der Waals surface area contributed by atoms with Crippen LogP contribution in [0, 0.1) is 0 Å². The number of benzene rings is 2. The molecule has 3 nitrogen and oxygen atoms in total. The molecule has 0 bridgehead atoms. The molecule has 0 saturated carbocycles. The highest BCUT2D eigenvalue weighted by Gasteiger charge is 2.13. The Morgan fingerprint density at radius 3 is 2.50 bits per heavy atom. The van der Waals surface area contributed by atoms with Gasteiger partial charge in [-0.15, -0.1) is 0 Å². The topological polar surface area (TPSA) is 39.2 Å². The normalized spacial score (nSPS) is 10.8. The van der Waals surface area contributed by atoms with Gasteiger partial charge in [-0.05, 0) is 36.1 Å². The lowest BCUT2D eigenvalue weighted by Gasteiger charge is -2.08. The van der Waals surface area contributed by atoms with Gasteiger partial charge in [0.2, 0.25) is 0 Å². The summed E-state index contributed by atoms with van der Waals surface area (Å²) in [5.41, 5.74) is 1.28. The summed E-state index contributed by atoms with van der Waals surface area (Å²) in [5.74, 6) is 0.800. The van der Waals surface area contributed by atoms with Gasteiger partial charge in [0, 0.05) is 28.9 Å². The Kier molecular flexibility index (Phi) is 6.37. The van der Waals surface area contributed by atoms with E-state index in [0.29, 0.717) is 11.1 Å². The van der Waals surface area contributed by atoms with Crippen molar-refractivity contribution in [2.75, 3.05) is 6.61 Å². The lowest BCUT2D eigenvalue weighted by Crippen LogP contribution is -2.03. The quantitative estimate of drug-likeness (QED) is 0.362. The van der Waals surface area contributed by atoms with Crippen LogP contribution in [-0.2, 0) is 0 Å². The Bertz CT molecular complexity index is 850. The summed E-state index contributed by atoms with van der Waals surface area (Å²) < 4.78 is 5.77. The molecular formula is C23H25NO2. The van der Waals surface area contributed by atoms with E-state index >= 15 is 0 Å². The summed E-state index contributed by atoms with van der Waals surface area (Å²) in [4.78, 5) is 17.1. The summed E-state index contributed by atoms with van der Waals surface area (Å²) >= 11 is 0. The number of rotatable bonds is 9. The smallest absolute Gasteiger partial charge is 0.195 e. The highest BCUT2D eigenvalue weighted by atomic mass is 16.5. The lowest BCUT2D eigenvalue weighted by molar-refractivity contribution is 0.104. The molecule has 0 radical (unpaired) electrons. The van der Waals surface area contributed by atoms with E-state index in [2.05, 4.69) is 11.9 Å². The second-order valence-corrected chi connectivity index (χ2v) is 6.52. The summed E-state index contributed by atoms with van der Waals surface area (Å²) in [6.07, 6.45) is 9.52. The zero-order valence-electron chi connectivity index (χ0n) is 15.3. The van der Waals surface area contributed by atoms with Crippen LogP contribution in [0.5, 0.6) is 5.75 Å². The summed E-state index contributed by atoms with van der Waals surface area (Å²) in [6, 6.07) is 15.2. The van der Waals surface area contributed by atoms with Gasteiger partial charge in [0.05, 0.1) is 6.61 Å². The number of hydrogen-bond donors (Lipinski definition) is 0. The predicted molar refractivity (Wildman–Crippen MR) is 106 cm³/mol. The van der Waals surface area contributed by atoms with Gasteiger partial charge >= 0.3 is 0 Å². The fourth-order valence-corrected chi connectivity index (χ4v) is 3.05. The molecule has 0 spiro atoms. The molecule has 0 aliphatic carbocycles. The first-order valence-electron chi connectivity index (χ1n) is 9.40. The third-order valence-electron chi connectivity index (χ3n) is 4.55. The van der Waals surface area contributed by atoms with Gasteiger partial charge in [0.1, 0.15) is 5.75 Å². The molecule has 0 aliphatic heterocycles. The van der Waals surface area contributed by atoms with Crippen molar-refractivity contribution in [3.63, 3.8) is 0 Å². The van der Waals surface area contributed by atoms with Crippen molar-refractivity contribution in [3.05, 3.63) is 72.1 Å². The van der Waals surface area contributed by atoms with Crippen LogP contribution < -0.4 is 4.74 Å². The number of unbranched alkanes of at least 4 members (excludes halogenated alkanes) is 4. The number of aromatic nitrogens is 1. The number of pyridine rings is 1. The largest absolute Gasteiger partial charge is 0.494 e. The minimum absolute atomic E-state index is 0.0135. The van der Waals surface area contributed by atoms with E-state index < -0.39 is 0 Å². The molecule has 2 aromatic carbocycles. The first kappa shape index (κ1) is 18.1. The Hall–Kier alpha value is -2.68. The second-order valence-electron chi connectivity index (χ2n) is 6.52. The molecule has 3 heteroatoms. The SMILES string of the molecule is CCCCCCCOc1ccc(C(=O)c2cncc3ccccc23)cc1. The predicted octanol–water partition coefficient (Wildman–Crippen LogP) is 5.82. The Morgan fingerprint density at radius 1 is 0.923 bits per heavy atom. The third-order valence-corrected chi connectivity index (χ3v) is 4.55. The molecule has 1 heterocycles. The summed E-state index contributed by atoms with van der Waals surface area (Å²) in [5, 5.41) is 1.90. The van der Waals surface area contributed by atoms with Crippen molar-refractivity contribution in [1.82, 2.24) is 4.98 Å². The standard InChI is InChI=1S/C23H25NO2/c1-2-3-4-5-8-15-26-20-13-11-18(12-14-20)23(25)22-17-24-16-19-9-6-7-10-21(19)22/h6-7,9-14,16-17H,2-5,8,15H2,1H3. The van der Waals surface area contributed by atoms with Crippen LogP contribution in [0.15, 0.2) is 60.9 Å². The van der Waals surface area contributed by atoms with Crippen LogP contribution in [0.3, 0.4) is 0 Å². The Morgan fingerprint density at radius 2 is 1.69 bits per heavy atom. The molecule has 134 valence electrons. The molecule has 3 aromatic rings. The molecule has 3 rings (SSSR count). The van der Waals surface area contributed by atoms with Crippen LogP contribution >= 0.6 is 0 Å². The molecule has 0 unspecified atom stereocenters. The fraction of sp³-hybridized carbons (Fsp3) is 0.304. The maximum absolute atomic E-state index is 12.9. The number of ether oxygens (including phenoxy) is 1. The van der Waals surface area contributed by atoms with E-state index in [0.717, 1.165) is 29.5 Å².